The van der Waals surface area contributed by atoms with Crippen LogP contribution in [0.4, 0.5) is 5.69 Å². The molecule has 1 amide bonds. The second kappa shape index (κ2) is 6.26. The van der Waals surface area contributed by atoms with Crippen LogP contribution in [0.2, 0.25) is 0 Å². The minimum Gasteiger partial charge on any atom is -0.322 e. The first-order valence-corrected chi connectivity index (χ1v) is 7.23. The van der Waals surface area contributed by atoms with Crippen LogP contribution in [0.15, 0.2) is 51.8 Å². The van der Waals surface area contributed by atoms with Crippen molar-refractivity contribution in [3.63, 3.8) is 0 Å². The highest BCUT2D eigenvalue weighted by Gasteiger charge is 2.10. The van der Waals surface area contributed by atoms with E-state index in [4.69, 9.17) is 0 Å². The van der Waals surface area contributed by atoms with E-state index in [-0.39, 0.29) is 5.91 Å². The molecule has 98 valence electrons. The number of aryl methyl sites for hydroxylation is 1. The van der Waals surface area contributed by atoms with Gasteiger partial charge in [-0.25, -0.2) is 0 Å². The van der Waals surface area contributed by atoms with E-state index in [0.717, 1.165) is 21.5 Å². The number of rotatable bonds is 3. The molecule has 0 fully saturated rings. The second-order valence-electron chi connectivity index (χ2n) is 4.17. The molecule has 0 saturated heterocycles. The molecule has 0 heterocycles. The maximum Gasteiger partial charge on any atom is 0.256 e. The summed E-state index contributed by atoms with van der Waals surface area (Å²) in [6, 6.07) is 13.2. The lowest BCUT2D eigenvalue weighted by molar-refractivity contribution is 0.102. The van der Waals surface area contributed by atoms with Gasteiger partial charge in [0.05, 0.1) is 5.56 Å². The average molecular weight is 336 g/mol. The van der Waals surface area contributed by atoms with Crippen molar-refractivity contribution in [1.82, 2.24) is 0 Å². The molecule has 1 N–H and O–H groups in total. The topological polar surface area (TPSA) is 29.1 Å². The van der Waals surface area contributed by atoms with E-state index in [0.29, 0.717) is 5.56 Å². The highest BCUT2D eigenvalue weighted by atomic mass is 79.9. The van der Waals surface area contributed by atoms with Crippen molar-refractivity contribution in [1.29, 1.82) is 0 Å². The van der Waals surface area contributed by atoms with E-state index >= 15 is 0 Å². The summed E-state index contributed by atoms with van der Waals surface area (Å²) in [5.41, 5.74) is 2.61. The van der Waals surface area contributed by atoms with Crippen LogP contribution in [-0.4, -0.2) is 5.91 Å². The van der Waals surface area contributed by atoms with Gasteiger partial charge >= 0.3 is 0 Å². The molecular weight excluding hydrogens is 322 g/mol. The smallest absolute Gasteiger partial charge is 0.256 e. The van der Waals surface area contributed by atoms with Gasteiger partial charge in [0, 0.05) is 15.1 Å². The standard InChI is InChI=1S/C15H14BrNOS/c1-2-10-3-5-11(6-4-10)17-15(18)13-9-12(19)7-8-14(13)16/h3-9,19H,2H2,1H3,(H,17,18). The Morgan fingerprint density at radius 1 is 1.21 bits per heavy atom. The summed E-state index contributed by atoms with van der Waals surface area (Å²) < 4.78 is 0.757. The van der Waals surface area contributed by atoms with E-state index in [2.05, 4.69) is 40.8 Å². The first kappa shape index (κ1) is 14.2. The lowest BCUT2D eigenvalue weighted by Crippen LogP contribution is -2.12. The molecule has 2 nitrogen and oxygen atoms in total. The second-order valence-corrected chi connectivity index (χ2v) is 5.54. The third-order valence-electron chi connectivity index (χ3n) is 2.81. The Bertz CT molecular complexity index is 596. The Kier molecular flexibility index (Phi) is 4.66. The van der Waals surface area contributed by atoms with Gasteiger partial charge in [0.1, 0.15) is 0 Å². The molecule has 0 radical (unpaired) electrons. The third kappa shape index (κ3) is 3.61. The lowest BCUT2D eigenvalue weighted by Gasteiger charge is -2.08. The third-order valence-corrected chi connectivity index (χ3v) is 3.78. The molecule has 2 aromatic rings. The number of hydrogen-bond donors (Lipinski definition) is 2. The maximum atomic E-state index is 12.2. The molecule has 0 saturated carbocycles. The molecule has 0 atom stereocenters. The number of amides is 1. The first-order valence-electron chi connectivity index (χ1n) is 5.99. The summed E-state index contributed by atoms with van der Waals surface area (Å²) in [5.74, 6) is -0.146. The zero-order valence-electron chi connectivity index (χ0n) is 10.5. The number of carbonyl (C=O) groups is 1. The first-order chi connectivity index (χ1) is 9.10. The molecule has 2 aromatic carbocycles. The van der Waals surface area contributed by atoms with E-state index in [1.807, 2.05) is 36.4 Å². The summed E-state index contributed by atoms with van der Waals surface area (Å²) in [6.45, 7) is 2.10. The maximum absolute atomic E-state index is 12.2. The summed E-state index contributed by atoms with van der Waals surface area (Å²) in [6.07, 6.45) is 0.988. The van der Waals surface area contributed by atoms with E-state index in [1.54, 1.807) is 6.07 Å². The fourth-order valence-corrected chi connectivity index (χ4v) is 2.34. The number of halogens is 1. The lowest BCUT2D eigenvalue weighted by atomic mass is 10.1. The Morgan fingerprint density at radius 3 is 2.53 bits per heavy atom. The zero-order chi connectivity index (χ0) is 13.8. The van der Waals surface area contributed by atoms with Gasteiger partial charge in [-0.3, -0.25) is 4.79 Å². The Morgan fingerprint density at radius 2 is 1.89 bits per heavy atom. The predicted molar refractivity (Wildman–Crippen MR) is 85.2 cm³/mol. The Labute approximate surface area is 126 Å². The van der Waals surface area contributed by atoms with Crippen LogP contribution in [0.3, 0.4) is 0 Å². The van der Waals surface area contributed by atoms with Crippen LogP contribution in [-0.2, 0) is 6.42 Å². The molecule has 0 aromatic heterocycles. The number of hydrogen-bond acceptors (Lipinski definition) is 2. The van der Waals surface area contributed by atoms with Gasteiger partial charge < -0.3 is 5.32 Å². The molecule has 4 heteroatoms. The Hall–Kier alpha value is -1.26. The normalized spacial score (nSPS) is 10.3. The summed E-state index contributed by atoms with van der Waals surface area (Å²) >= 11 is 7.62. The van der Waals surface area contributed by atoms with Gasteiger partial charge in [0.2, 0.25) is 0 Å². The van der Waals surface area contributed by atoms with Crippen molar-refractivity contribution in [3.05, 3.63) is 58.1 Å². The van der Waals surface area contributed by atoms with Crippen LogP contribution in [0.25, 0.3) is 0 Å². The van der Waals surface area contributed by atoms with Crippen molar-refractivity contribution in [2.75, 3.05) is 5.32 Å². The minimum absolute atomic E-state index is 0.146. The minimum atomic E-state index is -0.146. The van der Waals surface area contributed by atoms with Crippen molar-refractivity contribution in [2.45, 2.75) is 18.2 Å². The van der Waals surface area contributed by atoms with E-state index < -0.39 is 0 Å². The van der Waals surface area contributed by atoms with Crippen LogP contribution in [0.1, 0.15) is 22.8 Å². The summed E-state index contributed by atoms with van der Waals surface area (Å²) in [5, 5.41) is 2.87. The number of nitrogens with one attached hydrogen (secondary N) is 1. The molecule has 0 aliphatic heterocycles. The monoisotopic (exact) mass is 335 g/mol. The van der Waals surface area contributed by atoms with Crippen molar-refractivity contribution in [3.8, 4) is 0 Å². The highest BCUT2D eigenvalue weighted by molar-refractivity contribution is 9.10. The van der Waals surface area contributed by atoms with E-state index in [9.17, 15) is 4.79 Å². The van der Waals surface area contributed by atoms with Gasteiger partial charge in [0.15, 0.2) is 0 Å². The highest BCUT2D eigenvalue weighted by Crippen LogP contribution is 2.21. The molecule has 0 spiro atoms. The molecule has 0 aliphatic rings. The van der Waals surface area contributed by atoms with Crippen LogP contribution in [0.5, 0.6) is 0 Å². The fraction of sp³-hybridized carbons (Fsp3) is 0.133. The largest absolute Gasteiger partial charge is 0.322 e. The average Bonchev–Trinajstić information content (AvgIpc) is 2.42. The predicted octanol–water partition coefficient (Wildman–Crippen LogP) is 4.55. The number of thiol groups is 1. The fourth-order valence-electron chi connectivity index (χ4n) is 1.71. The summed E-state index contributed by atoms with van der Waals surface area (Å²) in [7, 11) is 0. The SMILES string of the molecule is CCc1ccc(NC(=O)c2cc(S)ccc2Br)cc1. The quantitative estimate of drug-likeness (QED) is 0.791. The van der Waals surface area contributed by atoms with Crippen LogP contribution < -0.4 is 5.32 Å². The van der Waals surface area contributed by atoms with Crippen LogP contribution in [0, 0.1) is 0 Å². The van der Waals surface area contributed by atoms with Gasteiger partial charge in [-0.15, -0.1) is 12.6 Å². The van der Waals surface area contributed by atoms with Crippen molar-refractivity contribution in [2.24, 2.45) is 0 Å². The van der Waals surface area contributed by atoms with Crippen LogP contribution >= 0.6 is 28.6 Å². The van der Waals surface area contributed by atoms with Gasteiger partial charge in [0.25, 0.3) is 5.91 Å². The van der Waals surface area contributed by atoms with Gasteiger partial charge in [-0.05, 0) is 58.2 Å². The van der Waals surface area contributed by atoms with Crippen molar-refractivity contribution >= 4 is 40.2 Å². The molecule has 0 bridgehead atoms. The zero-order valence-corrected chi connectivity index (χ0v) is 13.0. The Balaban J connectivity index is 2.18. The number of carbonyl (C=O) groups excluding carboxylic acids is 1. The van der Waals surface area contributed by atoms with Gasteiger partial charge in [-0.1, -0.05) is 19.1 Å². The molecular formula is C15H14BrNOS. The molecule has 2 rings (SSSR count). The molecule has 0 unspecified atom stereocenters. The number of anilines is 1. The molecule has 0 aliphatic carbocycles. The summed E-state index contributed by atoms with van der Waals surface area (Å²) in [4.78, 5) is 12.9. The number of benzene rings is 2. The van der Waals surface area contributed by atoms with Crippen molar-refractivity contribution < 1.29 is 4.79 Å². The molecule has 19 heavy (non-hydrogen) atoms. The van der Waals surface area contributed by atoms with Gasteiger partial charge in [-0.2, -0.15) is 0 Å². The van der Waals surface area contributed by atoms with E-state index in [1.165, 1.54) is 5.56 Å².